The molecule has 1 aromatic carbocycles. The Hall–Kier alpha value is -1.30. The fourth-order valence-electron chi connectivity index (χ4n) is 4.63. The van der Waals surface area contributed by atoms with E-state index in [1.165, 1.54) is 28.7 Å². The number of hydrogen-bond donors (Lipinski definition) is 0. The molecule has 0 radical (unpaired) electrons. The van der Waals surface area contributed by atoms with Crippen LogP contribution in [0.25, 0.3) is 0 Å². The average molecular weight is 309 g/mol. The number of rotatable bonds is 0. The molecule has 0 spiro atoms. The lowest BCUT2D eigenvalue weighted by molar-refractivity contribution is 0.490. The Morgan fingerprint density at radius 1 is 0.870 bits per heavy atom. The van der Waals surface area contributed by atoms with Gasteiger partial charge in [0.25, 0.3) is 0 Å². The third-order valence-electron chi connectivity index (χ3n) is 5.61. The molecule has 0 nitrogen and oxygen atoms in total. The van der Waals surface area contributed by atoms with Gasteiger partial charge in [-0.25, -0.2) is 0 Å². The van der Waals surface area contributed by atoms with Gasteiger partial charge < -0.3 is 0 Å². The number of benzene rings is 1. The third-order valence-corrected chi connectivity index (χ3v) is 5.61. The van der Waals surface area contributed by atoms with Crippen molar-refractivity contribution in [2.24, 2.45) is 11.3 Å². The standard InChI is InChI=1S/C23H32/c1-14-9-16-11-17-10-15(2)21(23(6,7)8)13-19(17)18(16)12-20(14)22(3,4)5/h9-10,12-13,16,18H,11H2,1-8H3. The van der Waals surface area contributed by atoms with Gasteiger partial charge in [0.05, 0.1) is 0 Å². The van der Waals surface area contributed by atoms with Crippen LogP contribution >= 0.6 is 0 Å². The Balaban J connectivity index is 2.12. The zero-order valence-corrected chi connectivity index (χ0v) is 16.2. The molecular formula is C23H32. The molecule has 0 heterocycles. The van der Waals surface area contributed by atoms with Crippen LogP contribution in [0, 0.1) is 18.3 Å². The van der Waals surface area contributed by atoms with Gasteiger partial charge in [-0.3, -0.25) is 0 Å². The summed E-state index contributed by atoms with van der Waals surface area (Å²) in [6.07, 6.45) is 6.32. The van der Waals surface area contributed by atoms with Gasteiger partial charge in [0.15, 0.2) is 0 Å². The van der Waals surface area contributed by atoms with Gasteiger partial charge in [-0.15, -0.1) is 0 Å². The highest BCUT2D eigenvalue weighted by molar-refractivity contribution is 5.52. The van der Waals surface area contributed by atoms with Gasteiger partial charge in [-0.05, 0) is 64.8 Å². The molecule has 0 heteroatoms. The second-order valence-corrected chi connectivity index (χ2v) is 9.69. The van der Waals surface area contributed by atoms with Crippen LogP contribution in [0.4, 0.5) is 0 Å². The maximum absolute atomic E-state index is 2.58. The molecule has 0 fully saturated rings. The fraction of sp³-hybridized carbons (Fsp3) is 0.565. The smallest absolute Gasteiger partial charge is 0.00931 e. The maximum Gasteiger partial charge on any atom is 0.00931 e. The second-order valence-electron chi connectivity index (χ2n) is 9.69. The summed E-state index contributed by atoms with van der Waals surface area (Å²) in [4.78, 5) is 0. The molecule has 2 atom stereocenters. The number of fused-ring (bicyclic) bond motifs is 3. The number of hydrogen-bond acceptors (Lipinski definition) is 0. The molecule has 0 aromatic heterocycles. The second kappa shape index (κ2) is 5.10. The summed E-state index contributed by atoms with van der Waals surface area (Å²) in [7, 11) is 0. The van der Waals surface area contributed by atoms with Gasteiger partial charge >= 0.3 is 0 Å². The average Bonchev–Trinajstić information content (AvgIpc) is 2.70. The molecule has 2 aliphatic rings. The summed E-state index contributed by atoms with van der Waals surface area (Å²) >= 11 is 0. The molecule has 23 heavy (non-hydrogen) atoms. The van der Waals surface area contributed by atoms with Crippen LogP contribution < -0.4 is 0 Å². The highest BCUT2D eigenvalue weighted by Gasteiger charge is 2.36. The molecule has 124 valence electrons. The first kappa shape index (κ1) is 16.6. The van der Waals surface area contributed by atoms with Crippen molar-refractivity contribution < 1.29 is 0 Å². The molecule has 0 saturated heterocycles. The third kappa shape index (κ3) is 2.82. The summed E-state index contributed by atoms with van der Waals surface area (Å²) in [5, 5.41) is 0. The maximum atomic E-state index is 2.58. The summed E-state index contributed by atoms with van der Waals surface area (Å²) in [5.41, 5.74) is 9.57. The molecule has 0 bridgehead atoms. The molecule has 0 aliphatic heterocycles. The fourth-order valence-corrected chi connectivity index (χ4v) is 4.63. The van der Waals surface area contributed by atoms with E-state index >= 15 is 0 Å². The summed E-state index contributed by atoms with van der Waals surface area (Å²) in [5.74, 6) is 1.23. The quantitative estimate of drug-likeness (QED) is 0.514. The van der Waals surface area contributed by atoms with Crippen LogP contribution in [-0.4, -0.2) is 0 Å². The minimum absolute atomic E-state index is 0.216. The van der Waals surface area contributed by atoms with Crippen LogP contribution in [0.1, 0.15) is 76.6 Å². The Morgan fingerprint density at radius 2 is 1.52 bits per heavy atom. The summed E-state index contributed by atoms with van der Waals surface area (Å²) < 4.78 is 0. The predicted octanol–water partition coefficient (Wildman–Crippen LogP) is 6.48. The van der Waals surface area contributed by atoms with E-state index in [4.69, 9.17) is 0 Å². The van der Waals surface area contributed by atoms with Crippen molar-refractivity contribution in [2.45, 2.75) is 73.1 Å². The van der Waals surface area contributed by atoms with Crippen molar-refractivity contribution >= 4 is 0 Å². The van der Waals surface area contributed by atoms with Crippen LogP contribution in [0.15, 0.2) is 35.4 Å². The monoisotopic (exact) mass is 308 g/mol. The lowest BCUT2D eigenvalue weighted by atomic mass is 9.73. The van der Waals surface area contributed by atoms with E-state index in [1.54, 1.807) is 11.1 Å². The van der Waals surface area contributed by atoms with Crippen molar-refractivity contribution in [2.75, 3.05) is 0 Å². The minimum atomic E-state index is 0.216. The molecule has 0 saturated carbocycles. The van der Waals surface area contributed by atoms with Gasteiger partial charge in [0, 0.05) is 5.92 Å². The largest absolute Gasteiger partial charge is 0.0769 e. The van der Waals surface area contributed by atoms with Gasteiger partial charge in [0.1, 0.15) is 0 Å². The van der Waals surface area contributed by atoms with Crippen molar-refractivity contribution in [3.05, 3.63) is 57.7 Å². The van der Waals surface area contributed by atoms with Crippen LogP contribution in [0.5, 0.6) is 0 Å². The van der Waals surface area contributed by atoms with Crippen LogP contribution in [0.2, 0.25) is 0 Å². The molecule has 0 N–H and O–H groups in total. The van der Waals surface area contributed by atoms with E-state index in [1.807, 2.05) is 0 Å². The van der Waals surface area contributed by atoms with E-state index in [0.717, 1.165) is 0 Å². The minimum Gasteiger partial charge on any atom is -0.0769 e. The predicted molar refractivity (Wildman–Crippen MR) is 101 cm³/mol. The van der Waals surface area contributed by atoms with Gasteiger partial charge in [-0.2, -0.15) is 0 Å². The molecular weight excluding hydrogens is 276 g/mol. The number of aryl methyl sites for hydroxylation is 1. The SMILES string of the molecule is CC1=CC2Cc3cc(C)c(C(C)(C)C)cc3C2C=C1C(C)(C)C. The summed E-state index contributed by atoms with van der Waals surface area (Å²) in [6.45, 7) is 18.6. The molecule has 3 rings (SSSR count). The first-order chi connectivity index (χ1) is 10.5. The van der Waals surface area contributed by atoms with E-state index in [-0.39, 0.29) is 10.8 Å². The van der Waals surface area contributed by atoms with Gasteiger partial charge in [-0.1, -0.05) is 71.4 Å². The highest BCUT2D eigenvalue weighted by Crippen LogP contribution is 2.48. The molecule has 0 amide bonds. The Kier molecular flexibility index (Phi) is 3.67. The molecule has 1 aromatic rings. The number of allylic oxidation sites excluding steroid dienone is 4. The Labute approximate surface area is 142 Å². The molecule has 2 aliphatic carbocycles. The van der Waals surface area contributed by atoms with Crippen molar-refractivity contribution in [3.63, 3.8) is 0 Å². The Bertz CT molecular complexity index is 699. The van der Waals surface area contributed by atoms with Crippen LogP contribution in [0.3, 0.4) is 0 Å². The Morgan fingerprint density at radius 3 is 2.09 bits per heavy atom. The lowest BCUT2D eigenvalue weighted by Gasteiger charge is -2.31. The summed E-state index contributed by atoms with van der Waals surface area (Å²) in [6, 6.07) is 4.97. The van der Waals surface area contributed by atoms with E-state index < -0.39 is 0 Å². The van der Waals surface area contributed by atoms with Crippen molar-refractivity contribution in [1.82, 2.24) is 0 Å². The zero-order valence-electron chi connectivity index (χ0n) is 16.2. The lowest BCUT2D eigenvalue weighted by Crippen LogP contribution is -2.18. The van der Waals surface area contributed by atoms with E-state index in [0.29, 0.717) is 11.8 Å². The first-order valence-electron chi connectivity index (χ1n) is 9.03. The highest BCUT2D eigenvalue weighted by atomic mass is 14.4. The first-order valence-corrected chi connectivity index (χ1v) is 9.03. The van der Waals surface area contributed by atoms with Crippen molar-refractivity contribution in [3.8, 4) is 0 Å². The van der Waals surface area contributed by atoms with Gasteiger partial charge in [0.2, 0.25) is 0 Å². The van der Waals surface area contributed by atoms with Crippen LogP contribution in [-0.2, 0) is 11.8 Å². The normalized spacial score (nSPS) is 24.0. The molecule has 2 unspecified atom stereocenters. The topological polar surface area (TPSA) is 0 Å². The van der Waals surface area contributed by atoms with E-state index in [9.17, 15) is 0 Å². The zero-order chi connectivity index (χ0) is 17.2. The van der Waals surface area contributed by atoms with E-state index in [2.05, 4.69) is 79.7 Å². The van der Waals surface area contributed by atoms with Crippen molar-refractivity contribution in [1.29, 1.82) is 0 Å².